The number of aliphatic hydroxyl groups is 1. The number of hydrogen-bond acceptors (Lipinski definition) is 5. The Bertz CT molecular complexity index is 657. The summed E-state index contributed by atoms with van der Waals surface area (Å²) < 4.78 is 18.1. The van der Waals surface area contributed by atoms with Gasteiger partial charge in [-0.15, -0.1) is 0 Å². The van der Waals surface area contributed by atoms with E-state index in [1.54, 1.807) is 0 Å². The first-order valence-electron chi connectivity index (χ1n) is 5.95. The van der Waals surface area contributed by atoms with Crippen LogP contribution in [-0.2, 0) is 13.2 Å². The number of aromatic nitrogens is 1. The Morgan fingerprint density at radius 1 is 1.29 bits per heavy atom. The number of nitrogens with zero attached hydrogens (tertiary/aromatic N) is 1. The molecule has 1 heterocycles. The molecular formula is C14H12FNO5. The van der Waals surface area contributed by atoms with E-state index >= 15 is 0 Å². The number of aromatic hydroxyl groups is 1. The number of hydrogen-bond donors (Lipinski definition) is 3. The van der Waals surface area contributed by atoms with Crippen molar-refractivity contribution in [3.05, 3.63) is 53.1 Å². The van der Waals surface area contributed by atoms with E-state index in [2.05, 4.69) is 4.98 Å². The molecule has 0 saturated carbocycles. The van der Waals surface area contributed by atoms with Gasteiger partial charge in [0.05, 0.1) is 6.61 Å². The standard InChI is InChI=1S/C14H12FNO5/c15-9-1-3-10(4-2-9)21-7-8-5-16-12(14(19)20)13(18)11(8)6-17/h1-5,17-18H,6-7H2,(H,19,20). The Kier molecular flexibility index (Phi) is 4.34. The molecule has 2 aromatic rings. The second-order valence-corrected chi connectivity index (χ2v) is 4.17. The van der Waals surface area contributed by atoms with E-state index in [9.17, 15) is 19.4 Å². The van der Waals surface area contributed by atoms with Crippen molar-refractivity contribution in [2.24, 2.45) is 0 Å². The van der Waals surface area contributed by atoms with E-state index < -0.39 is 29.8 Å². The Hall–Kier alpha value is -2.67. The summed E-state index contributed by atoms with van der Waals surface area (Å²) in [4.78, 5) is 14.5. The van der Waals surface area contributed by atoms with Crippen LogP contribution in [0.25, 0.3) is 0 Å². The third kappa shape index (κ3) is 3.26. The van der Waals surface area contributed by atoms with Crippen molar-refractivity contribution in [2.45, 2.75) is 13.2 Å². The highest BCUT2D eigenvalue weighted by atomic mass is 19.1. The monoisotopic (exact) mass is 293 g/mol. The van der Waals surface area contributed by atoms with Crippen LogP contribution in [0, 0.1) is 5.82 Å². The van der Waals surface area contributed by atoms with Crippen LogP contribution in [0.1, 0.15) is 21.6 Å². The maximum absolute atomic E-state index is 12.8. The summed E-state index contributed by atoms with van der Waals surface area (Å²) in [7, 11) is 0. The van der Waals surface area contributed by atoms with Gasteiger partial charge in [-0.05, 0) is 24.3 Å². The molecule has 0 amide bonds. The number of aliphatic hydroxyl groups excluding tert-OH is 1. The van der Waals surface area contributed by atoms with Crippen molar-refractivity contribution >= 4 is 5.97 Å². The molecule has 0 spiro atoms. The lowest BCUT2D eigenvalue weighted by Gasteiger charge is -2.12. The maximum Gasteiger partial charge on any atom is 0.358 e. The zero-order chi connectivity index (χ0) is 15.4. The van der Waals surface area contributed by atoms with Gasteiger partial charge in [0.1, 0.15) is 18.2 Å². The first-order chi connectivity index (χ1) is 10.0. The van der Waals surface area contributed by atoms with Crippen LogP contribution in [0.5, 0.6) is 11.5 Å². The van der Waals surface area contributed by atoms with Crippen LogP contribution in [0.4, 0.5) is 4.39 Å². The molecular weight excluding hydrogens is 281 g/mol. The molecule has 110 valence electrons. The van der Waals surface area contributed by atoms with Crippen molar-refractivity contribution in [2.75, 3.05) is 0 Å². The van der Waals surface area contributed by atoms with Crippen molar-refractivity contribution in [3.8, 4) is 11.5 Å². The third-order valence-corrected chi connectivity index (χ3v) is 2.82. The summed E-state index contributed by atoms with van der Waals surface area (Å²) in [5.41, 5.74) is -0.168. The molecule has 1 aromatic carbocycles. The van der Waals surface area contributed by atoms with E-state index in [0.717, 1.165) is 0 Å². The molecule has 0 bridgehead atoms. The van der Waals surface area contributed by atoms with Gasteiger partial charge in [-0.3, -0.25) is 0 Å². The van der Waals surface area contributed by atoms with Gasteiger partial charge in [-0.1, -0.05) is 0 Å². The first kappa shape index (κ1) is 14.7. The summed E-state index contributed by atoms with van der Waals surface area (Å²) in [5.74, 6) is -2.00. The molecule has 0 aliphatic heterocycles. The predicted octanol–water partition coefficient (Wildman–Crippen LogP) is 1.70. The molecule has 0 atom stereocenters. The van der Waals surface area contributed by atoms with Gasteiger partial charge >= 0.3 is 5.97 Å². The number of benzene rings is 1. The van der Waals surface area contributed by atoms with Crippen LogP contribution in [-0.4, -0.2) is 26.3 Å². The van der Waals surface area contributed by atoms with E-state index in [-0.39, 0.29) is 12.2 Å². The van der Waals surface area contributed by atoms with Gasteiger partial charge < -0.3 is 20.1 Å². The lowest BCUT2D eigenvalue weighted by Crippen LogP contribution is -2.08. The number of pyridine rings is 1. The van der Waals surface area contributed by atoms with Crippen LogP contribution < -0.4 is 4.74 Å². The van der Waals surface area contributed by atoms with E-state index in [1.165, 1.54) is 30.5 Å². The number of aromatic carboxylic acids is 1. The molecule has 21 heavy (non-hydrogen) atoms. The largest absolute Gasteiger partial charge is 0.505 e. The molecule has 3 N–H and O–H groups in total. The average molecular weight is 293 g/mol. The predicted molar refractivity (Wildman–Crippen MR) is 69.5 cm³/mol. The molecule has 0 aliphatic carbocycles. The van der Waals surface area contributed by atoms with Crippen LogP contribution >= 0.6 is 0 Å². The molecule has 0 unspecified atom stereocenters. The molecule has 0 saturated heterocycles. The third-order valence-electron chi connectivity index (χ3n) is 2.82. The number of carboxylic acids is 1. The van der Waals surface area contributed by atoms with Crippen LogP contribution in [0.15, 0.2) is 30.5 Å². The SMILES string of the molecule is O=C(O)c1ncc(COc2ccc(F)cc2)c(CO)c1O. The second-order valence-electron chi connectivity index (χ2n) is 4.17. The molecule has 2 rings (SSSR count). The van der Waals surface area contributed by atoms with Crippen molar-refractivity contribution in [1.82, 2.24) is 4.98 Å². The van der Waals surface area contributed by atoms with Crippen molar-refractivity contribution < 1.29 is 29.2 Å². The summed E-state index contributed by atoms with van der Waals surface area (Å²) in [6, 6.07) is 5.30. The second kappa shape index (κ2) is 6.19. The van der Waals surface area contributed by atoms with E-state index in [4.69, 9.17) is 9.84 Å². The minimum atomic E-state index is -1.40. The number of ether oxygens (including phenoxy) is 1. The molecule has 7 heteroatoms. The molecule has 0 fully saturated rings. The molecule has 0 aliphatic rings. The zero-order valence-electron chi connectivity index (χ0n) is 10.8. The Balaban J connectivity index is 2.22. The maximum atomic E-state index is 12.8. The summed E-state index contributed by atoms with van der Waals surface area (Å²) in [6.07, 6.45) is 1.21. The smallest absolute Gasteiger partial charge is 0.358 e. The summed E-state index contributed by atoms with van der Waals surface area (Å²) >= 11 is 0. The lowest BCUT2D eigenvalue weighted by molar-refractivity contribution is 0.0686. The fourth-order valence-electron chi connectivity index (χ4n) is 1.73. The van der Waals surface area contributed by atoms with Crippen molar-refractivity contribution in [3.63, 3.8) is 0 Å². The van der Waals surface area contributed by atoms with Gasteiger partial charge in [0.2, 0.25) is 0 Å². The van der Waals surface area contributed by atoms with Crippen molar-refractivity contribution in [1.29, 1.82) is 0 Å². The quantitative estimate of drug-likeness (QED) is 0.775. The minimum absolute atomic E-state index is 0.0320. The highest BCUT2D eigenvalue weighted by molar-refractivity contribution is 5.89. The van der Waals surface area contributed by atoms with Gasteiger partial charge in [-0.2, -0.15) is 0 Å². The molecule has 0 radical (unpaired) electrons. The van der Waals surface area contributed by atoms with E-state index in [0.29, 0.717) is 11.3 Å². The Morgan fingerprint density at radius 3 is 2.52 bits per heavy atom. The summed E-state index contributed by atoms with van der Waals surface area (Å²) in [5, 5.41) is 27.9. The van der Waals surface area contributed by atoms with Gasteiger partial charge in [0, 0.05) is 17.3 Å². The highest BCUT2D eigenvalue weighted by Gasteiger charge is 2.18. The number of carbonyl (C=O) groups is 1. The first-order valence-corrected chi connectivity index (χ1v) is 5.95. The summed E-state index contributed by atoms with van der Waals surface area (Å²) in [6.45, 7) is -0.612. The minimum Gasteiger partial charge on any atom is -0.505 e. The Morgan fingerprint density at radius 2 is 1.95 bits per heavy atom. The molecule has 1 aromatic heterocycles. The molecule has 6 nitrogen and oxygen atoms in total. The topological polar surface area (TPSA) is 99.9 Å². The van der Waals surface area contributed by atoms with Gasteiger partial charge in [0.25, 0.3) is 0 Å². The van der Waals surface area contributed by atoms with Crippen LogP contribution in [0.2, 0.25) is 0 Å². The van der Waals surface area contributed by atoms with Crippen LogP contribution in [0.3, 0.4) is 0 Å². The number of carboxylic acid groups (broad SMARTS) is 1. The number of rotatable bonds is 5. The fourth-order valence-corrected chi connectivity index (χ4v) is 1.73. The highest BCUT2D eigenvalue weighted by Crippen LogP contribution is 2.25. The normalized spacial score (nSPS) is 10.4. The fraction of sp³-hybridized carbons (Fsp3) is 0.143. The number of halogens is 1. The average Bonchev–Trinajstić information content (AvgIpc) is 2.46. The Labute approximate surface area is 119 Å². The lowest BCUT2D eigenvalue weighted by atomic mass is 10.1. The van der Waals surface area contributed by atoms with Gasteiger partial charge in [0.15, 0.2) is 11.4 Å². The zero-order valence-corrected chi connectivity index (χ0v) is 10.8. The van der Waals surface area contributed by atoms with E-state index in [1.807, 2.05) is 0 Å². The van der Waals surface area contributed by atoms with Gasteiger partial charge in [-0.25, -0.2) is 14.2 Å².